The lowest BCUT2D eigenvalue weighted by Crippen LogP contribution is -2.27. The summed E-state index contributed by atoms with van der Waals surface area (Å²) >= 11 is 10.3. The monoisotopic (exact) mass is 460 g/mol. The second kappa shape index (κ2) is 5.76. The third kappa shape index (κ3) is 3.10. The largest absolute Gasteiger partial charge is 0.466 e. The van der Waals surface area contributed by atoms with Crippen molar-refractivity contribution in [2.75, 3.05) is 6.61 Å². The molecule has 1 aliphatic rings. The van der Waals surface area contributed by atoms with Crippen molar-refractivity contribution in [2.24, 2.45) is 16.7 Å². The molecule has 2 unspecified atom stereocenters. The summed E-state index contributed by atoms with van der Waals surface area (Å²) in [5.41, 5.74) is -1.06. The predicted octanol–water partition coefficient (Wildman–Crippen LogP) is 4.40. The van der Waals surface area contributed by atoms with E-state index in [2.05, 4.69) is 47.8 Å². The van der Waals surface area contributed by atoms with Gasteiger partial charge in [-0.3, -0.25) is 9.59 Å². The van der Waals surface area contributed by atoms with Crippen LogP contribution in [0.3, 0.4) is 0 Å². The topological polar surface area (TPSA) is 43.4 Å². The lowest BCUT2D eigenvalue weighted by Gasteiger charge is -2.23. The summed E-state index contributed by atoms with van der Waals surface area (Å²) in [5, 5.41) is 0. The molecule has 0 aromatic heterocycles. The van der Waals surface area contributed by atoms with Gasteiger partial charge in [-0.05, 0) is 18.8 Å². The van der Waals surface area contributed by atoms with E-state index >= 15 is 0 Å². The van der Waals surface area contributed by atoms with Gasteiger partial charge in [0.2, 0.25) is 0 Å². The van der Waals surface area contributed by atoms with Crippen molar-refractivity contribution >= 4 is 59.5 Å². The Morgan fingerprint density at radius 1 is 1.21 bits per heavy atom. The molecule has 3 nitrogen and oxygen atoms in total. The fraction of sp³-hybridized carbons (Fsp3) is 0.846. The van der Waals surface area contributed by atoms with Crippen molar-refractivity contribution in [3.05, 3.63) is 0 Å². The standard InChI is InChI=1S/C13H19Br3O3/c1-5-8(17)12(7-13(14,15)16)9(11(12,3)4)10(18)19-6-2/h9H,5-7H2,1-4H3. The van der Waals surface area contributed by atoms with Gasteiger partial charge in [0.25, 0.3) is 0 Å². The van der Waals surface area contributed by atoms with E-state index in [0.717, 1.165) is 0 Å². The van der Waals surface area contributed by atoms with Crippen LogP contribution < -0.4 is 0 Å². The van der Waals surface area contributed by atoms with Gasteiger partial charge in [-0.2, -0.15) is 0 Å². The Hall–Kier alpha value is 0.580. The van der Waals surface area contributed by atoms with Crippen LogP contribution in [0, 0.1) is 16.7 Å². The Morgan fingerprint density at radius 2 is 1.74 bits per heavy atom. The normalized spacial score (nSPS) is 28.9. The van der Waals surface area contributed by atoms with E-state index in [9.17, 15) is 9.59 Å². The van der Waals surface area contributed by atoms with E-state index in [1.807, 2.05) is 20.8 Å². The molecule has 110 valence electrons. The van der Waals surface area contributed by atoms with Gasteiger partial charge in [0, 0.05) is 6.42 Å². The zero-order chi connectivity index (χ0) is 15.1. The molecule has 19 heavy (non-hydrogen) atoms. The molecular weight excluding hydrogens is 444 g/mol. The highest BCUT2D eigenvalue weighted by molar-refractivity contribution is 9.39. The highest BCUT2D eigenvalue weighted by atomic mass is 80.0. The van der Waals surface area contributed by atoms with E-state index in [1.54, 1.807) is 6.92 Å². The summed E-state index contributed by atoms with van der Waals surface area (Å²) in [6.45, 7) is 7.87. The van der Waals surface area contributed by atoms with Crippen LogP contribution in [0.2, 0.25) is 0 Å². The molecule has 1 rings (SSSR count). The van der Waals surface area contributed by atoms with Crippen molar-refractivity contribution < 1.29 is 14.3 Å². The number of Topliss-reactive ketones (excluding diaryl/α,β-unsaturated/α-hetero) is 1. The first kappa shape index (κ1) is 17.6. The van der Waals surface area contributed by atoms with Gasteiger partial charge in [0.1, 0.15) is 7.93 Å². The lowest BCUT2D eigenvalue weighted by molar-refractivity contribution is -0.147. The Morgan fingerprint density at radius 3 is 2.11 bits per heavy atom. The van der Waals surface area contributed by atoms with E-state index in [4.69, 9.17) is 4.74 Å². The maximum atomic E-state index is 12.4. The lowest BCUT2D eigenvalue weighted by atomic mass is 9.87. The first-order chi connectivity index (χ1) is 8.54. The van der Waals surface area contributed by atoms with Crippen LogP contribution in [0.15, 0.2) is 0 Å². The number of rotatable bonds is 5. The van der Waals surface area contributed by atoms with Gasteiger partial charge < -0.3 is 4.74 Å². The van der Waals surface area contributed by atoms with Crippen molar-refractivity contribution in [3.63, 3.8) is 0 Å². The number of ether oxygens (including phenoxy) is 1. The predicted molar refractivity (Wildman–Crippen MR) is 85.8 cm³/mol. The molecule has 0 N–H and O–H groups in total. The van der Waals surface area contributed by atoms with Crippen molar-refractivity contribution in [3.8, 4) is 0 Å². The Balaban J connectivity index is 3.13. The molecule has 6 heteroatoms. The van der Waals surface area contributed by atoms with Crippen molar-refractivity contribution in [1.82, 2.24) is 0 Å². The van der Waals surface area contributed by atoms with Gasteiger partial charge in [0.05, 0.1) is 17.9 Å². The molecule has 0 amide bonds. The second-order valence-corrected chi connectivity index (χ2v) is 12.7. The number of halogens is 3. The molecule has 0 aromatic rings. The van der Waals surface area contributed by atoms with E-state index < -0.39 is 7.56 Å². The van der Waals surface area contributed by atoms with Crippen LogP contribution in [-0.4, -0.2) is 20.5 Å². The first-order valence-electron chi connectivity index (χ1n) is 6.31. The molecule has 1 saturated carbocycles. The summed E-state index contributed by atoms with van der Waals surface area (Å²) in [5.74, 6) is -0.538. The van der Waals surface area contributed by atoms with E-state index in [1.165, 1.54) is 0 Å². The van der Waals surface area contributed by atoms with Gasteiger partial charge >= 0.3 is 5.97 Å². The molecule has 0 aliphatic heterocycles. The summed E-state index contributed by atoms with van der Waals surface area (Å²) in [4.78, 5) is 24.6. The number of esters is 1. The number of hydrogen-bond acceptors (Lipinski definition) is 3. The minimum absolute atomic E-state index is 0.110. The van der Waals surface area contributed by atoms with Crippen LogP contribution in [0.4, 0.5) is 0 Å². The van der Waals surface area contributed by atoms with Crippen LogP contribution in [0.5, 0.6) is 0 Å². The molecule has 0 radical (unpaired) electrons. The highest BCUT2D eigenvalue weighted by Gasteiger charge is 2.78. The van der Waals surface area contributed by atoms with Gasteiger partial charge in [-0.1, -0.05) is 68.6 Å². The minimum Gasteiger partial charge on any atom is -0.466 e. The van der Waals surface area contributed by atoms with Gasteiger partial charge in [0.15, 0.2) is 0 Å². The fourth-order valence-corrected chi connectivity index (χ4v) is 4.48. The summed E-state index contributed by atoms with van der Waals surface area (Å²) in [6.07, 6.45) is 0.908. The zero-order valence-electron chi connectivity index (χ0n) is 11.6. The molecule has 0 aromatic carbocycles. The number of carbonyl (C=O) groups is 2. The number of hydrogen-bond donors (Lipinski definition) is 0. The minimum atomic E-state index is -0.676. The van der Waals surface area contributed by atoms with E-state index in [-0.39, 0.29) is 23.1 Å². The number of alkyl halides is 3. The van der Waals surface area contributed by atoms with Crippen molar-refractivity contribution in [2.45, 2.75) is 42.7 Å². The first-order valence-corrected chi connectivity index (χ1v) is 8.69. The van der Waals surface area contributed by atoms with Gasteiger partial charge in [-0.15, -0.1) is 0 Å². The highest BCUT2D eigenvalue weighted by Crippen LogP contribution is 2.74. The molecule has 1 fully saturated rings. The van der Waals surface area contributed by atoms with Crippen LogP contribution in [-0.2, 0) is 14.3 Å². The molecule has 0 bridgehead atoms. The number of carbonyl (C=O) groups excluding carboxylic acids is 2. The summed E-state index contributed by atoms with van der Waals surface area (Å²) < 4.78 is 4.58. The molecule has 0 saturated heterocycles. The van der Waals surface area contributed by atoms with Crippen LogP contribution >= 0.6 is 47.8 Å². The van der Waals surface area contributed by atoms with Crippen LogP contribution in [0.25, 0.3) is 0 Å². The maximum Gasteiger partial charge on any atom is 0.310 e. The third-order valence-electron chi connectivity index (χ3n) is 4.10. The van der Waals surface area contributed by atoms with E-state index in [0.29, 0.717) is 19.4 Å². The van der Waals surface area contributed by atoms with Crippen molar-refractivity contribution in [1.29, 1.82) is 0 Å². The summed E-state index contributed by atoms with van der Waals surface area (Å²) in [6, 6.07) is 0. The quantitative estimate of drug-likeness (QED) is 0.449. The Kier molecular flexibility index (Phi) is 5.34. The fourth-order valence-electron chi connectivity index (χ4n) is 3.15. The SMILES string of the molecule is CCOC(=O)C1C(C)(C)C1(CC(Br)(Br)Br)C(=O)CC. The molecule has 0 spiro atoms. The molecule has 0 heterocycles. The molecular formula is C13H19Br3O3. The maximum absolute atomic E-state index is 12.4. The zero-order valence-corrected chi connectivity index (χ0v) is 16.3. The third-order valence-corrected chi connectivity index (χ3v) is 4.94. The molecule has 1 aliphatic carbocycles. The Bertz CT molecular complexity index is 387. The van der Waals surface area contributed by atoms with Crippen LogP contribution in [0.1, 0.15) is 40.5 Å². The number of ketones is 1. The smallest absolute Gasteiger partial charge is 0.310 e. The Labute approximate surface area is 139 Å². The van der Waals surface area contributed by atoms with Gasteiger partial charge in [-0.25, -0.2) is 0 Å². The average Bonchev–Trinajstić information content (AvgIpc) is 2.72. The summed E-state index contributed by atoms with van der Waals surface area (Å²) in [7, 11) is 0. The molecule has 2 atom stereocenters. The second-order valence-electron chi connectivity index (χ2n) is 5.45. The average molecular weight is 463 g/mol.